The molecule has 60 valence electrons. The van der Waals surface area contributed by atoms with E-state index in [0.717, 1.165) is 6.61 Å². The molecule has 1 aromatic carbocycles. The first-order valence-electron chi connectivity index (χ1n) is 4.05. The molecule has 1 rings (SSSR count). The van der Waals surface area contributed by atoms with Gasteiger partial charge in [-0.25, -0.2) is 0 Å². The standard InChI is InChI=1S/C9H14OSi/c1-2-11-10-8-9-6-4-3-5-7-9/h3-7H,2,8,11H2,1H3. The van der Waals surface area contributed by atoms with Crippen molar-refractivity contribution in [3.05, 3.63) is 35.9 Å². The SMILES string of the molecule is CC[SiH2]OCc1ccccc1. The van der Waals surface area contributed by atoms with Gasteiger partial charge in [-0.1, -0.05) is 37.3 Å². The van der Waals surface area contributed by atoms with E-state index in [-0.39, 0.29) is 9.76 Å². The Bertz CT molecular complexity index is 186. The first-order chi connectivity index (χ1) is 5.43. The summed E-state index contributed by atoms with van der Waals surface area (Å²) < 4.78 is 5.51. The topological polar surface area (TPSA) is 9.23 Å². The van der Waals surface area contributed by atoms with Gasteiger partial charge in [-0.05, 0) is 11.6 Å². The van der Waals surface area contributed by atoms with Crippen LogP contribution in [0.1, 0.15) is 12.5 Å². The van der Waals surface area contributed by atoms with Gasteiger partial charge in [-0.15, -0.1) is 0 Å². The third-order valence-electron chi connectivity index (χ3n) is 1.46. The van der Waals surface area contributed by atoms with Crippen molar-refractivity contribution in [3.63, 3.8) is 0 Å². The zero-order chi connectivity index (χ0) is 7.94. The van der Waals surface area contributed by atoms with Crippen LogP contribution in [-0.4, -0.2) is 9.76 Å². The van der Waals surface area contributed by atoms with E-state index in [1.54, 1.807) is 0 Å². The van der Waals surface area contributed by atoms with Crippen LogP contribution >= 0.6 is 0 Å². The zero-order valence-corrected chi connectivity index (χ0v) is 8.33. The number of hydrogen-bond acceptors (Lipinski definition) is 1. The molecule has 0 radical (unpaired) electrons. The Morgan fingerprint density at radius 2 is 2.00 bits per heavy atom. The zero-order valence-electron chi connectivity index (χ0n) is 6.92. The number of benzene rings is 1. The lowest BCUT2D eigenvalue weighted by Crippen LogP contribution is -1.96. The third kappa shape index (κ3) is 3.35. The molecule has 11 heavy (non-hydrogen) atoms. The van der Waals surface area contributed by atoms with Crippen LogP contribution in [0.5, 0.6) is 0 Å². The van der Waals surface area contributed by atoms with Crippen molar-refractivity contribution in [2.75, 3.05) is 0 Å². The summed E-state index contributed by atoms with van der Waals surface area (Å²) in [6.07, 6.45) is 0. The quantitative estimate of drug-likeness (QED) is 0.489. The van der Waals surface area contributed by atoms with Crippen LogP contribution in [0.3, 0.4) is 0 Å². The second-order valence-electron chi connectivity index (χ2n) is 2.54. The molecule has 1 aromatic rings. The average Bonchev–Trinajstić information content (AvgIpc) is 2.07. The van der Waals surface area contributed by atoms with E-state index < -0.39 is 0 Å². The normalized spacial score (nSPS) is 11.0. The fourth-order valence-electron chi connectivity index (χ4n) is 0.909. The minimum Gasteiger partial charge on any atom is -0.420 e. The number of hydrogen-bond donors (Lipinski definition) is 0. The Morgan fingerprint density at radius 1 is 1.27 bits per heavy atom. The lowest BCUT2D eigenvalue weighted by molar-refractivity contribution is 0.324. The molecule has 0 amide bonds. The molecule has 0 bridgehead atoms. The van der Waals surface area contributed by atoms with Gasteiger partial charge in [0.1, 0.15) is 0 Å². The van der Waals surface area contributed by atoms with E-state index >= 15 is 0 Å². The summed E-state index contributed by atoms with van der Waals surface area (Å²) in [7, 11) is -0.222. The van der Waals surface area contributed by atoms with Crippen LogP contribution in [0.15, 0.2) is 30.3 Å². The van der Waals surface area contributed by atoms with Gasteiger partial charge >= 0.3 is 0 Å². The second kappa shape index (κ2) is 5.10. The van der Waals surface area contributed by atoms with E-state index in [1.807, 2.05) is 18.2 Å². The molecular formula is C9H14OSi. The minimum absolute atomic E-state index is 0.222. The molecule has 0 saturated heterocycles. The molecule has 0 aliphatic heterocycles. The lowest BCUT2D eigenvalue weighted by Gasteiger charge is -2.00. The summed E-state index contributed by atoms with van der Waals surface area (Å²) in [6.45, 7) is 2.98. The molecule has 0 fully saturated rings. The Labute approximate surface area is 70.3 Å². The summed E-state index contributed by atoms with van der Waals surface area (Å²) in [4.78, 5) is 0. The molecule has 0 N–H and O–H groups in total. The molecule has 0 heterocycles. The Balaban J connectivity index is 2.28. The van der Waals surface area contributed by atoms with Crippen LogP contribution in [0, 0.1) is 0 Å². The Kier molecular flexibility index (Phi) is 3.94. The van der Waals surface area contributed by atoms with Gasteiger partial charge in [-0.3, -0.25) is 0 Å². The van der Waals surface area contributed by atoms with E-state index in [1.165, 1.54) is 11.6 Å². The highest BCUT2D eigenvalue weighted by atomic mass is 28.2. The fourth-order valence-corrected chi connectivity index (χ4v) is 1.58. The van der Waals surface area contributed by atoms with Gasteiger partial charge < -0.3 is 4.43 Å². The van der Waals surface area contributed by atoms with Crippen molar-refractivity contribution >= 4 is 9.76 Å². The molecule has 0 saturated carbocycles. The molecule has 2 heteroatoms. The van der Waals surface area contributed by atoms with Gasteiger partial charge in [-0.2, -0.15) is 0 Å². The summed E-state index contributed by atoms with van der Waals surface area (Å²) in [6, 6.07) is 11.6. The molecule has 0 spiro atoms. The molecule has 0 aliphatic rings. The van der Waals surface area contributed by atoms with Crippen molar-refractivity contribution in [1.29, 1.82) is 0 Å². The van der Waals surface area contributed by atoms with Crippen molar-refractivity contribution in [2.45, 2.75) is 19.6 Å². The van der Waals surface area contributed by atoms with Gasteiger partial charge in [0.25, 0.3) is 0 Å². The summed E-state index contributed by atoms with van der Waals surface area (Å²) in [5.74, 6) is 0. The van der Waals surface area contributed by atoms with Gasteiger partial charge in [0, 0.05) is 0 Å². The highest BCUT2D eigenvalue weighted by Crippen LogP contribution is 1.99. The highest BCUT2D eigenvalue weighted by Gasteiger charge is 1.88. The van der Waals surface area contributed by atoms with Crippen LogP contribution < -0.4 is 0 Å². The summed E-state index contributed by atoms with van der Waals surface area (Å²) >= 11 is 0. The maximum absolute atomic E-state index is 5.51. The van der Waals surface area contributed by atoms with Crippen LogP contribution in [0.25, 0.3) is 0 Å². The number of rotatable bonds is 4. The Morgan fingerprint density at radius 3 is 2.64 bits per heavy atom. The maximum atomic E-state index is 5.51. The molecule has 0 unspecified atom stereocenters. The highest BCUT2D eigenvalue weighted by molar-refractivity contribution is 6.26. The average molecular weight is 166 g/mol. The van der Waals surface area contributed by atoms with Gasteiger partial charge in [0.2, 0.25) is 0 Å². The summed E-state index contributed by atoms with van der Waals surface area (Å²) in [5, 5.41) is 0. The van der Waals surface area contributed by atoms with E-state index in [4.69, 9.17) is 4.43 Å². The molecule has 0 aliphatic carbocycles. The van der Waals surface area contributed by atoms with Crippen LogP contribution in [0.2, 0.25) is 6.04 Å². The first kappa shape index (κ1) is 8.49. The van der Waals surface area contributed by atoms with Gasteiger partial charge in [0.15, 0.2) is 9.76 Å². The summed E-state index contributed by atoms with van der Waals surface area (Å²) in [5.41, 5.74) is 1.29. The Hall–Kier alpha value is -0.603. The lowest BCUT2D eigenvalue weighted by atomic mass is 10.2. The van der Waals surface area contributed by atoms with E-state index in [9.17, 15) is 0 Å². The van der Waals surface area contributed by atoms with E-state index in [0.29, 0.717) is 0 Å². The predicted octanol–water partition coefficient (Wildman–Crippen LogP) is 1.73. The van der Waals surface area contributed by atoms with Crippen molar-refractivity contribution < 1.29 is 4.43 Å². The second-order valence-corrected chi connectivity index (χ2v) is 4.35. The first-order valence-corrected chi connectivity index (χ1v) is 5.63. The van der Waals surface area contributed by atoms with Crippen molar-refractivity contribution in [3.8, 4) is 0 Å². The van der Waals surface area contributed by atoms with Crippen molar-refractivity contribution in [2.24, 2.45) is 0 Å². The van der Waals surface area contributed by atoms with Crippen LogP contribution in [-0.2, 0) is 11.0 Å². The minimum atomic E-state index is -0.222. The monoisotopic (exact) mass is 166 g/mol. The maximum Gasteiger partial charge on any atom is 0.161 e. The van der Waals surface area contributed by atoms with E-state index in [2.05, 4.69) is 19.1 Å². The molecular weight excluding hydrogens is 152 g/mol. The molecule has 0 aromatic heterocycles. The van der Waals surface area contributed by atoms with Gasteiger partial charge in [0.05, 0.1) is 6.61 Å². The molecule has 1 nitrogen and oxygen atoms in total. The van der Waals surface area contributed by atoms with Crippen molar-refractivity contribution in [1.82, 2.24) is 0 Å². The third-order valence-corrected chi connectivity index (χ3v) is 2.36. The fraction of sp³-hybridized carbons (Fsp3) is 0.333. The predicted molar refractivity (Wildman–Crippen MR) is 50.3 cm³/mol. The smallest absolute Gasteiger partial charge is 0.161 e. The molecule has 0 atom stereocenters. The van der Waals surface area contributed by atoms with Crippen LogP contribution in [0.4, 0.5) is 0 Å². The largest absolute Gasteiger partial charge is 0.420 e.